The van der Waals surface area contributed by atoms with Crippen LogP contribution in [0.25, 0.3) is 0 Å². The van der Waals surface area contributed by atoms with E-state index in [4.69, 9.17) is 0 Å². The Morgan fingerprint density at radius 3 is 2.50 bits per heavy atom. The molecule has 1 amide bonds. The van der Waals surface area contributed by atoms with Crippen molar-refractivity contribution in [3.63, 3.8) is 0 Å². The van der Waals surface area contributed by atoms with Gasteiger partial charge in [0.15, 0.2) is 0 Å². The normalized spacial score (nSPS) is 9.42. The highest BCUT2D eigenvalue weighted by molar-refractivity contribution is 6.41. The molecule has 1 aromatic heterocycles. The van der Waals surface area contributed by atoms with Crippen molar-refractivity contribution >= 4 is 11.7 Å². The molecule has 62 valence electrons. The minimum Gasteiger partial charge on any atom is -0.363 e. The molecule has 4 nitrogen and oxygen atoms in total. The van der Waals surface area contributed by atoms with Crippen LogP contribution in [0, 0.1) is 5.82 Å². The summed E-state index contributed by atoms with van der Waals surface area (Å²) >= 11 is 0. The first-order valence-corrected chi connectivity index (χ1v) is 3.07. The standard InChI is InChI=1S/C7H5FN2O2/c8-4-1-2-5(10-3-4)6(11)7(9)12/h1-3H,(H2,9,12). The molecule has 0 saturated heterocycles. The minimum atomic E-state index is -1.10. The van der Waals surface area contributed by atoms with Gasteiger partial charge in [-0.25, -0.2) is 9.37 Å². The molecular weight excluding hydrogens is 163 g/mol. The fourth-order valence-electron chi connectivity index (χ4n) is 0.636. The lowest BCUT2D eigenvalue weighted by molar-refractivity contribution is -0.114. The molecule has 0 aliphatic rings. The number of hydrogen-bond donors (Lipinski definition) is 1. The Morgan fingerprint density at radius 2 is 2.08 bits per heavy atom. The Hall–Kier alpha value is -1.78. The Labute approximate surface area is 67.2 Å². The summed E-state index contributed by atoms with van der Waals surface area (Å²) in [6, 6.07) is 2.13. The predicted octanol–water partition coefficient (Wildman–Crippen LogP) is -0.111. The van der Waals surface area contributed by atoms with Gasteiger partial charge in [0.2, 0.25) is 0 Å². The second-order valence-corrected chi connectivity index (χ2v) is 2.06. The van der Waals surface area contributed by atoms with Gasteiger partial charge in [0, 0.05) is 0 Å². The average Bonchev–Trinajstić information content (AvgIpc) is 2.04. The van der Waals surface area contributed by atoms with E-state index < -0.39 is 17.5 Å². The maximum absolute atomic E-state index is 12.3. The number of primary amides is 1. The molecule has 0 aliphatic carbocycles. The summed E-state index contributed by atoms with van der Waals surface area (Å²) in [5.41, 5.74) is 4.53. The van der Waals surface area contributed by atoms with Crippen LogP contribution >= 0.6 is 0 Å². The van der Waals surface area contributed by atoms with Crippen molar-refractivity contribution in [3.05, 3.63) is 29.8 Å². The zero-order chi connectivity index (χ0) is 9.14. The number of carbonyl (C=O) groups is 2. The molecule has 12 heavy (non-hydrogen) atoms. The Bertz CT molecular complexity index is 321. The lowest BCUT2D eigenvalue weighted by Gasteiger charge is -1.93. The van der Waals surface area contributed by atoms with Gasteiger partial charge >= 0.3 is 0 Å². The van der Waals surface area contributed by atoms with Crippen molar-refractivity contribution in [2.75, 3.05) is 0 Å². The summed E-state index contributed by atoms with van der Waals surface area (Å²) in [6.45, 7) is 0. The van der Waals surface area contributed by atoms with E-state index in [1.165, 1.54) is 0 Å². The molecule has 0 spiro atoms. The molecule has 1 aromatic rings. The molecule has 0 aliphatic heterocycles. The van der Waals surface area contributed by atoms with Gasteiger partial charge in [0.05, 0.1) is 6.20 Å². The molecule has 0 radical (unpaired) electrons. The summed E-state index contributed by atoms with van der Waals surface area (Å²) in [6.07, 6.45) is 0.843. The summed E-state index contributed by atoms with van der Waals surface area (Å²) < 4.78 is 12.3. The smallest absolute Gasteiger partial charge is 0.291 e. The fourth-order valence-corrected chi connectivity index (χ4v) is 0.636. The van der Waals surface area contributed by atoms with Crippen molar-refractivity contribution in [1.82, 2.24) is 4.98 Å². The SMILES string of the molecule is NC(=O)C(=O)c1ccc(F)cn1. The highest BCUT2D eigenvalue weighted by Gasteiger charge is 2.12. The van der Waals surface area contributed by atoms with E-state index in [1.807, 2.05) is 0 Å². The number of pyridine rings is 1. The highest BCUT2D eigenvalue weighted by Crippen LogP contribution is 1.98. The maximum atomic E-state index is 12.3. The van der Waals surface area contributed by atoms with Gasteiger partial charge in [0.1, 0.15) is 11.5 Å². The van der Waals surface area contributed by atoms with E-state index in [9.17, 15) is 14.0 Å². The van der Waals surface area contributed by atoms with Gasteiger partial charge < -0.3 is 5.73 Å². The van der Waals surface area contributed by atoms with Crippen molar-refractivity contribution in [2.45, 2.75) is 0 Å². The second kappa shape index (κ2) is 3.08. The molecule has 0 saturated carbocycles. The molecule has 2 N–H and O–H groups in total. The third-order valence-electron chi connectivity index (χ3n) is 1.18. The van der Waals surface area contributed by atoms with Gasteiger partial charge in [-0.15, -0.1) is 0 Å². The van der Waals surface area contributed by atoms with E-state index in [-0.39, 0.29) is 5.69 Å². The lowest BCUT2D eigenvalue weighted by Crippen LogP contribution is -2.23. The van der Waals surface area contributed by atoms with Gasteiger partial charge in [-0.1, -0.05) is 0 Å². The summed E-state index contributed by atoms with van der Waals surface area (Å²) in [7, 11) is 0. The number of nitrogens with two attached hydrogens (primary N) is 1. The van der Waals surface area contributed by atoms with Gasteiger partial charge in [-0.2, -0.15) is 0 Å². The quantitative estimate of drug-likeness (QED) is 0.494. The predicted molar refractivity (Wildman–Crippen MR) is 37.7 cm³/mol. The average molecular weight is 168 g/mol. The minimum absolute atomic E-state index is 0.149. The first-order chi connectivity index (χ1) is 5.61. The van der Waals surface area contributed by atoms with Crippen molar-refractivity contribution in [3.8, 4) is 0 Å². The molecule has 0 atom stereocenters. The van der Waals surface area contributed by atoms with Gasteiger partial charge in [-0.3, -0.25) is 9.59 Å². The molecule has 0 unspecified atom stereocenters. The number of aromatic nitrogens is 1. The third kappa shape index (κ3) is 1.63. The number of halogens is 1. The van der Waals surface area contributed by atoms with Gasteiger partial charge in [-0.05, 0) is 12.1 Å². The number of hydrogen-bond acceptors (Lipinski definition) is 3. The molecule has 1 rings (SSSR count). The lowest BCUT2D eigenvalue weighted by atomic mass is 10.2. The van der Waals surface area contributed by atoms with Crippen LogP contribution in [0.3, 0.4) is 0 Å². The Balaban J connectivity index is 2.98. The van der Waals surface area contributed by atoms with E-state index in [0.29, 0.717) is 0 Å². The largest absolute Gasteiger partial charge is 0.363 e. The van der Waals surface area contributed by atoms with Crippen LogP contribution in [-0.4, -0.2) is 16.7 Å². The molecule has 0 fully saturated rings. The van der Waals surface area contributed by atoms with E-state index in [1.54, 1.807) is 0 Å². The van der Waals surface area contributed by atoms with Crippen LogP contribution in [0.2, 0.25) is 0 Å². The third-order valence-corrected chi connectivity index (χ3v) is 1.18. The maximum Gasteiger partial charge on any atom is 0.291 e. The molecule has 0 bridgehead atoms. The zero-order valence-corrected chi connectivity index (χ0v) is 5.95. The number of rotatable bonds is 2. The van der Waals surface area contributed by atoms with E-state index in [0.717, 1.165) is 18.3 Å². The Kier molecular flexibility index (Phi) is 2.14. The first-order valence-electron chi connectivity index (χ1n) is 3.07. The number of carbonyl (C=O) groups excluding carboxylic acids is 2. The van der Waals surface area contributed by atoms with Crippen LogP contribution in [0.15, 0.2) is 18.3 Å². The molecule has 1 heterocycles. The first kappa shape index (κ1) is 8.32. The number of Topliss-reactive ketones (excluding diaryl/α,β-unsaturated/α-hetero) is 1. The topological polar surface area (TPSA) is 73.1 Å². The molecule has 5 heteroatoms. The number of nitrogens with zero attached hydrogens (tertiary/aromatic N) is 1. The van der Waals surface area contributed by atoms with Crippen LogP contribution < -0.4 is 5.73 Å². The molecule has 0 aromatic carbocycles. The summed E-state index contributed by atoms with van der Waals surface area (Å²) in [4.78, 5) is 24.5. The second-order valence-electron chi connectivity index (χ2n) is 2.06. The van der Waals surface area contributed by atoms with E-state index in [2.05, 4.69) is 10.7 Å². The number of ketones is 1. The van der Waals surface area contributed by atoms with Crippen molar-refractivity contribution in [2.24, 2.45) is 5.73 Å². The van der Waals surface area contributed by atoms with Crippen molar-refractivity contribution < 1.29 is 14.0 Å². The number of amides is 1. The molecular formula is C7H5FN2O2. The van der Waals surface area contributed by atoms with Gasteiger partial charge in [0.25, 0.3) is 11.7 Å². The summed E-state index contributed by atoms with van der Waals surface area (Å²) in [5.74, 6) is -2.60. The highest BCUT2D eigenvalue weighted by atomic mass is 19.1. The van der Waals surface area contributed by atoms with Crippen LogP contribution in [0.1, 0.15) is 10.5 Å². The van der Waals surface area contributed by atoms with Crippen LogP contribution in [0.5, 0.6) is 0 Å². The van der Waals surface area contributed by atoms with Crippen LogP contribution in [-0.2, 0) is 4.79 Å². The summed E-state index contributed by atoms with van der Waals surface area (Å²) in [5, 5.41) is 0. The van der Waals surface area contributed by atoms with E-state index >= 15 is 0 Å². The van der Waals surface area contributed by atoms with Crippen molar-refractivity contribution in [1.29, 1.82) is 0 Å². The monoisotopic (exact) mass is 168 g/mol. The zero-order valence-electron chi connectivity index (χ0n) is 5.95. The fraction of sp³-hybridized carbons (Fsp3) is 0. The van der Waals surface area contributed by atoms with Crippen LogP contribution in [0.4, 0.5) is 4.39 Å². The Morgan fingerprint density at radius 1 is 1.42 bits per heavy atom.